The molecule has 11 nitrogen and oxygen atoms in total. The van der Waals surface area contributed by atoms with Crippen LogP contribution in [0, 0.1) is 23.2 Å². The van der Waals surface area contributed by atoms with Gasteiger partial charge in [0.1, 0.15) is 6.10 Å². The predicted octanol–water partition coefficient (Wildman–Crippen LogP) is 3.90. The first-order valence-electron chi connectivity index (χ1n) is 17.0. The standard InChI is InChI=1S/C36H46N2O9S/c1-4-26-20-36(26,35(43)37-48(44,45)28-14-15-28)21-31(39)30-18-27-22-38(30)34(42)29(23(2)3)19-33(41)46-17-9-5-6-10-24-11-7-8-12-25(24)13-16-32(40)47-27/h4,6-8,10-12,23,26-30H,1,5,9,13-22H2,2-3H3,(H,37,43)/b10-6+/t26-,27-,29+,30+,36-/m1/s1. The largest absolute Gasteiger partial charge is 0.466 e. The van der Waals surface area contributed by atoms with Gasteiger partial charge in [0.15, 0.2) is 5.78 Å². The number of aryl methyl sites for hydroxylation is 1. The molecule has 1 saturated heterocycles. The molecule has 0 aromatic heterocycles. The van der Waals surface area contributed by atoms with Crippen molar-refractivity contribution < 1.29 is 41.9 Å². The number of nitrogens with zero attached hydrogens (tertiary/aromatic N) is 1. The molecule has 2 saturated carbocycles. The van der Waals surface area contributed by atoms with Crippen LogP contribution in [0.15, 0.2) is 43.0 Å². The highest BCUT2D eigenvalue weighted by molar-refractivity contribution is 7.90. The van der Waals surface area contributed by atoms with Crippen LogP contribution < -0.4 is 4.72 Å². The molecule has 1 aromatic carbocycles. The lowest BCUT2D eigenvalue weighted by Crippen LogP contribution is -2.47. The predicted molar refractivity (Wildman–Crippen MR) is 177 cm³/mol. The van der Waals surface area contributed by atoms with Crippen LogP contribution in [0.4, 0.5) is 0 Å². The highest BCUT2D eigenvalue weighted by Crippen LogP contribution is 2.57. The summed E-state index contributed by atoms with van der Waals surface area (Å²) in [5.41, 5.74) is 0.655. The second-order valence-electron chi connectivity index (χ2n) is 13.9. The minimum Gasteiger partial charge on any atom is -0.466 e. The van der Waals surface area contributed by atoms with E-state index in [1.807, 2.05) is 50.3 Å². The maximum atomic E-state index is 14.1. The lowest BCUT2D eigenvalue weighted by Gasteiger charge is -2.30. The summed E-state index contributed by atoms with van der Waals surface area (Å²) in [6, 6.07) is 6.71. The van der Waals surface area contributed by atoms with E-state index in [9.17, 15) is 32.4 Å². The van der Waals surface area contributed by atoms with Gasteiger partial charge in [-0.3, -0.25) is 28.7 Å². The van der Waals surface area contributed by atoms with Crippen LogP contribution in [0.25, 0.3) is 6.08 Å². The van der Waals surface area contributed by atoms with Gasteiger partial charge in [-0.1, -0.05) is 56.3 Å². The molecule has 2 amide bonds. The van der Waals surface area contributed by atoms with Crippen LogP contribution in [-0.2, 0) is 49.9 Å². The van der Waals surface area contributed by atoms with E-state index < -0.39 is 74.2 Å². The number of cyclic esters (lactones) is 1. The Balaban J connectivity index is 1.38. The summed E-state index contributed by atoms with van der Waals surface area (Å²) in [7, 11) is -3.84. The van der Waals surface area contributed by atoms with Crippen molar-refractivity contribution >= 4 is 45.6 Å². The zero-order chi connectivity index (χ0) is 34.6. The summed E-state index contributed by atoms with van der Waals surface area (Å²) >= 11 is 0. The molecular formula is C36H46N2O9S. The Kier molecular flexibility index (Phi) is 10.9. The number of benzene rings is 1. The Labute approximate surface area is 282 Å². The maximum absolute atomic E-state index is 14.1. The monoisotopic (exact) mass is 682 g/mol. The number of amides is 2. The summed E-state index contributed by atoms with van der Waals surface area (Å²) in [4.78, 5) is 68.9. The molecule has 12 heteroatoms. The van der Waals surface area contributed by atoms with E-state index in [2.05, 4.69) is 11.3 Å². The zero-order valence-electron chi connectivity index (χ0n) is 27.7. The fourth-order valence-corrected chi connectivity index (χ4v) is 8.19. The van der Waals surface area contributed by atoms with Gasteiger partial charge in [-0.25, -0.2) is 8.42 Å². The summed E-state index contributed by atoms with van der Waals surface area (Å²) < 4.78 is 38.7. The first kappa shape index (κ1) is 35.5. The molecule has 260 valence electrons. The van der Waals surface area contributed by atoms with Crippen molar-refractivity contribution in [1.82, 2.24) is 9.62 Å². The molecule has 2 aliphatic carbocycles. The molecule has 0 unspecified atom stereocenters. The van der Waals surface area contributed by atoms with Crippen molar-refractivity contribution in [1.29, 1.82) is 0 Å². The number of sulfonamides is 1. The van der Waals surface area contributed by atoms with E-state index in [0.29, 0.717) is 32.1 Å². The van der Waals surface area contributed by atoms with Gasteiger partial charge in [0.25, 0.3) is 0 Å². The Morgan fingerprint density at radius 2 is 1.88 bits per heavy atom. The quantitative estimate of drug-likeness (QED) is 0.318. The topological polar surface area (TPSA) is 153 Å². The number of hydrogen-bond donors (Lipinski definition) is 1. The van der Waals surface area contributed by atoms with E-state index >= 15 is 0 Å². The molecule has 4 aliphatic rings. The van der Waals surface area contributed by atoms with E-state index in [-0.39, 0.29) is 51.2 Å². The Morgan fingerprint density at radius 1 is 1.12 bits per heavy atom. The van der Waals surface area contributed by atoms with Crippen LogP contribution >= 0.6 is 0 Å². The minimum absolute atomic E-state index is 0.0295. The van der Waals surface area contributed by atoms with Gasteiger partial charge in [-0.05, 0) is 61.5 Å². The van der Waals surface area contributed by atoms with E-state index in [1.54, 1.807) is 6.08 Å². The smallest absolute Gasteiger partial charge is 0.306 e. The van der Waals surface area contributed by atoms with Gasteiger partial charge < -0.3 is 14.4 Å². The summed E-state index contributed by atoms with van der Waals surface area (Å²) in [6.07, 6.45) is 7.34. The lowest BCUT2D eigenvalue weighted by molar-refractivity contribution is -0.152. The van der Waals surface area contributed by atoms with Gasteiger partial charge in [0.2, 0.25) is 21.8 Å². The Hall–Kier alpha value is -3.80. The normalized spacial score (nSPS) is 29.4. The number of allylic oxidation sites excluding steroid dienone is 2. The van der Waals surface area contributed by atoms with Crippen molar-refractivity contribution in [2.24, 2.45) is 23.2 Å². The molecule has 0 radical (unpaired) electrons. The lowest BCUT2D eigenvalue weighted by atomic mass is 9.89. The SMILES string of the molecule is C=C[C@@H]1C[C@]1(CC(=O)[C@@H]1C[C@@H]2CN1C(=O)[C@H](C(C)C)CC(=O)OCCC/C=C/c1ccccc1CCC(=O)O2)C(=O)NS(=O)(=O)C1CC1. The third kappa shape index (κ3) is 8.25. The fraction of sp³-hybridized carbons (Fsp3) is 0.583. The van der Waals surface area contributed by atoms with Crippen molar-refractivity contribution in [2.45, 2.75) is 95.5 Å². The number of hydrogen-bond acceptors (Lipinski definition) is 9. The molecule has 1 aromatic rings. The molecule has 2 heterocycles. The number of Topliss-reactive ketones (excluding diaryl/α,β-unsaturated/α-hetero) is 1. The van der Waals surface area contributed by atoms with Gasteiger partial charge in [0, 0.05) is 19.3 Å². The summed E-state index contributed by atoms with van der Waals surface area (Å²) in [5, 5.41) is -0.610. The number of ether oxygens (including phenoxy) is 2. The molecule has 2 aliphatic heterocycles. The van der Waals surface area contributed by atoms with Crippen molar-refractivity contribution in [3.8, 4) is 0 Å². The van der Waals surface area contributed by atoms with Gasteiger partial charge >= 0.3 is 11.9 Å². The highest BCUT2D eigenvalue weighted by Gasteiger charge is 2.61. The van der Waals surface area contributed by atoms with Crippen LogP contribution in [0.5, 0.6) is 0 Å². The molecule has 2 bridgehead atoms. The number of fused-ring (bicyclic) bond motifs is 3. The Bertz CT molecular complexity index is 1580. The highest BCUT2D eigenvalue weighted by atomic mass is 32.2. The van der Waals surface area contributed by atoms with Crippen LogP contribution in [0.3, 0.4) is 0 Å². The first-order valence-corrected chi connectivity index (χ1v) is 18.5. The first-order chi connectivity index (χ1) is 22.8. The zero-order valence-corrected chi connectivity index (χ0v) is 28.5. The fourth-order valence-electron chi connectivity index (χ4n) is 6.80. The third-order valence-corrected chi connectivity index (χ3v) is 11.8. The van der Waals surface area contributed by atoms with Crippen LogP contribution in [0.2, 0.25) is 0 Å². The number of ketones is 1. The maximum Gasteiger partial charge on any atom is 0.306 e. The van der Waals surface area contributed by atoms with Crippen molar-refractivity contribution in [3.63, 3.8) is 0 Å². The van der Waals surface area contributed by atoms with Crippen molar-refractivity contribution in [2.75, 3.05) is 13.2 Å². The summed E-state index contributed by atoms with van der Waals surface area (Å²) in [5.74, 6) is -4.04. The van der Waals surface area contributed by atoms with Crippen LogP contribution in [0.1, 0.15) is 82.8 Å². The van der Waals surface area contributed by atoms with E-state index in [0.717, 1.165) is 11.1 Å². The Morgan fingerprint density at radius 3 is 2.56 bits per heavy atom. The molecule has 0 spiro atoms. The molecule has 5 atom stereocenters. The van der Waals surface area contributed by atoms with Gasteiger partial charge in [-0.15, -0.1) is 6.58 Å². The molecule has 1 N–H and O–H groups in total. The van der Waals surface area contributed by atoms with Gasteiger partial charge in [-0.2, -0.15) is 0 Å². The second kappa shape index (κ2) is 14.8. The average molecular weight is 683 g/mol. The molecule has 48 heavy (non-hydrogen) atoms. The molecule has 5 rings (SSSR count). The number of rotatable bonds is 8. The van der Waals surface area contributed by atoms with Gasteiger partial charge in [0.05, 0.1) is 42.2 Å². The van der Waals surface area contributed by atoms with E-state index in [1.165, 1.54) is 4.90 Å². The number of nitrogens with one attached hydrogen (secondary N) is 1. The third-order valence-electron chi connectivity index (χ3n) is 10.0. The molecular weight excluding hydrogens is 636 g/mol. The summed E-state index contributed by atoms with van der Waals surface area (Å²) in [6.45, 7) is 7.56. The second-order valence-corrected chi connectivity index (χ2v) is 15.9. The number of carbonyl (C=O) groups is 5. The van der Waals surface area contributed by atoms with E-state index in [4.69, 9.17) is 9.47 Å². The van der Waals surface area contributed by atoms with Crippen molar-refractivity contribution in [3.05, 3.63) is 54.1 Å². The van der Waals surface area contributed by atoms with Crippen LogP contribution in [-0.4, -0.2) is 73.4 Å². The number of carbonyl (C=O) groups excluding carboxylic acids is 5. The molecule has 3 fully saturated rings. The number of esters is 2. The minimum atomic E-state index is -3.84. The average Bonchev–Trinajstić information content (AvgIpc) is 3.97.